The number of ether oxygens (including phenoxy) is 1. The molecule has 51 heavy (non-hydrogen) atoms. The van der Waals surface area contributed by atoms with Crippen LogP contribution in [-0.4, -0.2) is 0 Å². The topological polar surface area (TPSA) is 9.23 Å². The zero-order chi connectivity index (χ0) is 34.2. The summed E-state index contributed by atoms with van der Waals surface area (Å²) in [5.41, 5.74) is 18.0. The number of benzene rings is 8. The van der Waals surface area contributed by atoms with Crippen molar-refractivity contribution in [3.8, 4) is 67.1 Å². The molecule has 0 atom stereocenters. The molecule has 242 valence electrons. The fraction of sp³-hybridized carbons (Fsp3) is 0.120. The molecule has 0 bridgehead atoms. The van der Waals surface area contributed by atoms with Gasteiger partial charge >= 0.3 is 0 Å². The summed E-state index contributed by atoms with van der Waals surface area (Å²) >= 11 is 0. The number of para-hydroxylation sites is 1. The molecule has 8 aromatic carbocycles. The van der Waals surface area contributed by atoms with Crippen LogP contribution >= 0.6 is 0 Å². The normalized spacial score (nSPS) is 15.1. The summed E-state index contributed by atoms with van der Waals surface area (Å²) in [5, 5.41) is 4.90. The van der Waals surface area contributed by atoms with Crippen LogP contribution in [0.15, 0.2) is 146 Å². The highest BCUT2D eigenvalue weighted by Crippen LogP contribution is 2.56. The third-order valence-corrected chi connectivity index (χ3v) is 12.3. The van der Waals surface area contributed by atoms with Crippen molar-refractivity contribution in [1.82, 2.24) is 0 Å². The third kappa shape index (κ3) is 3.76. The number of rotatable bonds is 2. The Kier molecular flexibility index (Phi) is 5.58. The minimum absolute atomic E-state index is 0.0244. The van der Waals surface area contributed by atoms with Crippen LogP contribution in [0, 0.1) is 0 Å². The van der Waals surface area contributed by atoms with E-state index in [1.807, 2.05) is 0 Å². The van der Waals surface area contributed by atoms with Crippen molar-refractivity contribution in [1.29, 1.82) is 0 Å². The Hall–Kier alpha value is -5.92. The summed E-state index contributed by atoms with van der Waals surface area (Å²) in [6, 6.07) is 54.1. The van der Waals surface area contributed by atoms with Crippen LogP contribution in [0.1, 0.15) is 49.9 Å². The first-order chi connectivity index (χ1) is 24.8. The minimum atomic E-state index is -0.175. The van der Waals surface area contributed by atoms with E-state index >= 15 is 0 Å². The number of hydrogen-bond donors (Lipinski definition) is 0. The maximum Gasteiger partial charge on any atom is 0.144 e. The molecule has 11 rings (SSSR count). The predicted molar refractivity (Wildman–Crippen MR) is 213 cm³/mol. The molecule has 0 fully saturated rings. The van der Waals surface area contributed by atoms with Crippen LogP contribution in [-0.2, 0) is 10.8 Å². The lowest BCUT2D eigenvalue weighted by molar-refractivity contribution is 0.489. The standard InChI is InChI=1S/C50H36O/c1-49(2)41-18-9-7-13-33(41)34-23-20-29(26-42(34)49)30-21-24-35-36-25-22-31(28-44(36)50(3,4)43(35)27-30)46-38-15-6-5-12-32(38)39-16-11-17-40-37-14-8-10-19-45(37)51-48(46)47(39)40/h5-28H,1-4H3. The molecule has 1 heteroatoms. The molecule has 0 unspecified atom stereocenters. The fourth-order valence-electron chi connectivity index (χ4n) is 9.66. The highest BCUT2D eigenvalue weighted by atomic mass is 16.5. The van der Waals surface area contributed by atoms with E-state index in [0.29, 0.717) is 0 Å². The average Bonchev–Trinajstić information content (AvgIpc) is 3.53. The molecular formula is C50H36O. The monoisotopic (exact) mass is 652 g/mol. The van der Waals surface area contributed by atoms with E-state index in [4.69, 9.17) is 4.74 Å². The summed E-state index contributed by atoms with van der Waals surface area (Å²) < 4.78 is 6.91. The van der Waals surface area contributed by atoms with Crippen LogP contribution in [0.2, 0.25) is 0 Å². The third-order valence-electron chi connectivity index (χ3n) is 12.3. The summed E-state index contributed by atoms with van der Waals surface area (Å²) in [5.74, 6) is 1.87. The van der Waals surface area contributed by atoms with Gasteiger partial charge in [-0.3, -0.25) is 0 Å². The fourth-order valence-corrected chi connectivity index (χ4v) is 9.66. The van der Waals surface area contributed by atoms with Crippen LogP contribution in [0.5, 0.6) is 11.5 Å². The highest BCUT2D eigenvalue weighted by molar-refractivity contribution is 6.22. The van der Waals surface area contributed by atoms with Gasteiger partial charge in [0.15, 0.2) is 0 Å². The first kappa shape index (κ1) is 28.9. The maximum absolute atomic E-state index is 6.91. The van der Waals surface area contributed by atoms with Gasteiger partial charge in [0.2, 0.25) is 0 Å². The van der Waals surface area contributed by atoms with Gasteiger partial charge < -0.3 is 4.74 Å². The Morgan fingerprint density at radius 3 is 1.57 bits per heavy atom. The lowest BCUT2D eigenvalue weighted by Crippen LogP contribution is -2.15. The lowest BCUT2D eigenvalue weighted by atomic mass is 9.79. The van der Waals surface area contributed by atoms with Crippen LogP contribution < -0.4 is 4.74 Å². The molecule has 0 saturated carbocycles. The van der Waals surface area contributed by atoms with Crippen molar-refractivity contribution in [2.75, 3.05) is 0 Å². The quantitative estimate of drug-likeness (QED) is 0.169. The molecule has 0 radical (unpaired) electrons. The van der Waals surface area contributed by atoms with Gasteiger partial charge in [-0.25, -0.2) is 0 Å². The second-order valence-electron chi connectivity index (χ2n) is 15.7. The molecule has 3 aliphatic rings. The predicted octanol–water partition coefficient (Wildman–Crippen LogP) is 13.7. The molecule has 0 N–H and O–H groups in total. The number of fused-ring (bicyclic) bond motifs is 10. The Morgan fingerprint density at radius 2 is 0.863 bits per heavy atom. The van der Waals surface area contributed by atoms with Gasteiger partial charge in [0.25, 0.3) is 0 Å². The Bertz CT molecular complexity index is 2830. The van der Waals surface area contributed by atoms with Gasteiger partial charge in [-0.2, -0.15) is 0 Å². The first-order valence-corrected chi connectivity index (χ1v) is 18.1. The van der Waals surface area contributed by atoms with Crippen LogP contribution in [0.4, 0.5) is 0 Å². The SMILES string of the molecule is CC1(C)c2ccccc2-c2ccc(-c3ccc4c(c3)C(C)(C)c3cc(-c5c6c7c(cccc7c7ccccc57)-c5ccccc5O6)ccc3-4)cc21. The summed E-state index contributed by atoms with van der Waals surface area (Å²) in [7, 11) is 0. The average molecular weight is 653 g/mol. The van der Waals surface area contributed by atoms with Gasteiger partial charge in [0, 0.05) is 27.3 Å². The Labute approximate surface area is 298 Å². The summed E-state index contributed by atoms with van der Waals surface area (Å²) in [6.45, 7) is 9.50. The maximum atomic E-state index is 6.91. The summed E-state index contributed by atoms with van der Waals surface area (Å²) in [6.07, 6.45) is 0. The van der Waals surface area contributed by atoms with Crippen LogP contribution in [0.25, 0.3) is 77.2 Å². The van der Waals surface area contributed by atoms with Crippen molar-refractivity contribution >= 4 is 21.5 Å². The van der Waals surface area contributed by atoms with Crippen molar-refractivity contribution in [3.63, 3.8) is 0 Å². The Balaban J connectivity index is 1.06. The van der Waals surface area contributed by atoms with E-state index in [2.05, 4.69) is 173 Å². The zero-order valence-corrected chi connectivity index (χ0v) is 29.3. The van der Waals surface area contributed by atoms with Gasteiger partial charge in [-0.05, 0) is 107 Å². The second-order valence-corrected chi connectivity index (χ2v) is 15.7. The molecule has 0 saturated heterocycles. The van der Waals surface area contributed by atoms with Crippen molar-refractivity contribution in [2.24, 2.45) is 0 Å². The molecule has 1 aliphatic heterocycles. The highest BCUT2D eigenvalue weighted by Gasteiger charge is 2.38. The summed E-state index contributed by atoms with van der Waals surface area (Å²) in [4.78, 5) is 0. The van der Waals surface area contributed by atoms with Crippen molar-refractivity contribution in [3.05, 3.63) is 168 Å². The molecular weight excluding hydrogens is 617 g/mol. The molecule has 1 nitrogen and oxygen atoms in total. The van der Waals surface area contributed by atoms with E-state index in [0.717, 1.165) is 22.6 Å². The molecule has 0 amide bonds. The molecule has 0 aromatic heterocycles. The van der Waals surface area contributed by atoms with E-state index in [-0.39, 0.29) is 10.8 Å². The van der Waals surface area contributed by atoms with Crippen molar-refractivity contribution < 1.29 is 4.74 Å². The molecule has 0 spiro atoms. The number of hydrogen-bond acceptors (Lipinski definition) is 1. The van der Waals surface area contributed by atoms with E-state index in [1.54, 1.807) is 0 Å². The minimum Gasteiger partial charge on any atom is -0.455 e. The smallest absolute Gasteiger partial charge is 0.144 e. The van der Waals surface area contributed by atoms with Crippen LogP contribution in [0.3, 0.4) is 0 Å². The van der Waals surface area contributed by atoms with Gasteiger partial charge in [-0.1, -0.05) is 149 Å². The van der Waals surface area contributed by atoms with Gasteiger partial charge in [0.1, 0.15) is 11.5 Å². The molecule has 2 aliphatic carbocycles. The van der Waals surface area contributed by atoms with E-state index in [9.17, 15) is 0 Å². The van der Waals surface area contributed by atoms with Gasteiger partial charge in [-0.15, -0.1) is 0 Å². The van der Waals surface area contributed by atoms with Gasteiger partial charge in [0.05, 0.1) is 0 Å². The second kappa shape index (κ2) is 9.86. The molecule has 1 heterocycles. The largest absolute Gasteiger partial charge is 0.455 e. The lowest BCUT2D eigenvalue weighted by Gasteiger charge is -2.26. The van der Waals surface area contributed by atoms with Crippen molar-refractivity contribution in [2.45, 2.75) is 38.5 Å². The molecule has 8 aromatic rings. The van der Waals surface area contributed by atoms with E-state index in [1.165, 1.54) is 88.3 Å². The zero-order valence-electron chi connectivity index (χ0n) is 29.3. The van der Waals surface area contributed by atoms with E-state index < -0.39 is 0 Å². The Morgan fingerprint density at radius 1 is 0.373 bits per heavy atom. The first-order valence-electron chi connectivity index (χ1n) is 18.1.